The Morgan fingerprint density at radius 1 is 0.650 bits per heavy atom. The molecule has 0 aliphatic rings. The topological polar surface area (TPSA) is 80.8 Å². The molecule has 4 aromatic carbocycles. The van der Waals surface area contributed by atoms with Gasteiger partial charge in [0.2, 0.25) is 0 Å². The van der Waals surface area contributed by atoms with E-state index in [1.165, 1.54) is 60.7 Å². The highest BCUT2D eigenvalue weighted by Crippen LogP contribution is 2.37. The Morgan fingerprint density at radius 2 is 1.18 bits per heavy atom. The van der Waals surface area contributed by atoms with Crippen LogP contribution in [0.3, 0.4) is 0 Å². The fraction of sp³-hybridized carbons (Fsp3) is 0.241. The van der Waals surface area contributed by atoms with Crippen molar-refractivity contribution in [2.45, 2.75) is 41.3 Å². The van der Waals surface area contributed by atoms with Crippen LogP contribution in [0.1, 0.15) is 30.9 Å². The Kier molecular flexibility index (Phi) is 9.29. The molecule has 0 aromatic heterocycles. The van der Waals surface area contributed by atoms with Crippen molar-refractivity contribution in [1.82, 2.24) is 3.71 Å². The molecule has 4 rings (SSSR count). The lowest BCUT2D eigenvalue weighted by Gasteiger charge is -2.23. The minimum Gasteiger partial charge on any atom is -0.364 e. The van der Waals surface area contributed by atoms with Crippen LogP contribution in [0.4, 0.5) is 13.2 Å². The smallest absolute Gasteiger partial charge is 0.364 e. The number of rotatable bonds is 12. The first-order valence-electron chi connectivity index (χ1n) is 12.6. The highest BCUT2D eigenvalue weighted by atomic mass is 32.3. The van der Waals surface area contributed by atoms with Crippen LogP contribution in [0.15, 0.2) is 113 Å². The molecule has 6 nitrogen and oxygen atoms in total. The van der Waals surface area contributed by atoms with Gasteiger partial charge in [0.25, 0.3) is 20.0 Å². The summed E-state index contributed by atoms with van der Waals surface area (Å²) in [6.07, 6.45) is -6.25. The number of nitrogens with zero attached hydrogens (tertiary/aromatic N) is 1. The standard InChI is InChI=1S/C29H28F3NO5S2/c30-29(31,32)28(25-19-18-23-12-8-9-13-24(23)22-25)38-21-11-3-10-20-33(39(34,35)26-14-4-1-5-15-26)40(36,37)27-16-6-2-7-17-27/h1-2,4-9,12-19,22,28H,3,10-11,20-21H2. The van der Waals surface area contributed by atoms with E-state index in [-0.39, 0.29) is 47.8 Å². The molecule has 0 aliphatic carbocycles. The molecule has 0 saturated heterocycles. The Bertz CT molecular complexity index is 1560. The summed E-state index contributed by atoms with van der Waals surface area (Å²) in [4.78, 5) is -0.359. The maximum Gasteiger partial charge on any atom is 0.418 e. The fourth-order valence-corrected chi connectivity index (χ4v) is 8.02. The molecular formula is C29H28F3NO5S2. The second kappa shape index (κ2) is 12.5. The number of sulfonamides is 2. The van der Waals surface area contributed by atoms with Crippen LogP contribution in [0, 0.1) is 0 Å². The largest absolute Gasteiger partial charge is 0.418 e. The second-order valence-electron chi connectivity index (χ2n) is 9.09. The van der Waals surface area contributed by atoms with Crippen LogP contribution in [-0.2, 0) is 24.8 Å². The Morgan fingerprint density at radius 3 is 1.73 bits per heavy atom. The molecule has 212 valence electrons. The van der Waals surface area contributed by atoms with E-state index < -0.39 is 32.3 Å². The van der Waals surface area contributed by atoms with Gasteiger partial charge in [0.1, 0.15) is 0 Å². The highest BCUT2D eigenvalue weighted by Gasteiger charge is 2.42. The number of hydrogen-bond acceptors (Lipinski definition) is 5. The molecule has 4 aromatic rings. The zero-order chi connectivity index (χ0) is 28.8. The number of unbranched alkanes of at least 4 members (excludes halogenated alkanes) is 2. The third-order valence-corrected chi connectivity index (χ3v) is 10.6. The van der Waals surface area contributed by atoms with Gasteiger partial charge in [0.15, 0.2) is 6.10 Å². The van der Waals surface area contributed by atoms with E-state index in [2.05, 4.69) is 0 Å². The molecule has 0 saturated carbocycles. The van der Waals surface area contributed by atoms with Crippen molar-refractivity contribution in [3.8, 4) is 0 Å². The maximum atomic E-state index is 13.8. The summed E-state index contributed by atoms with van der Waals surface area (Å²) in [6, 6.07) is 25.9. The number of fused-ring (bicyclic) bond motifs is 1. The number of benzene rings is 4. The highest BCUT2D eigenvalue weighted by molar-refractivity contribution is 8.04. The van der Waals surface area contributed by atoms with Gasteiger partial charge in [-0.25, -0.2) is 16.8 Å². The van der Waals surface area contributed by atoms with Crippen LogP contribution in [0.25, 0.3) is 10.8 Å². The SMILES string of the molecule is O=S(=O)(c1ccccc1)N(CCCCCOC(c1ccc2ccccc2c1)C(F)(F)F)S(=O)(=O)c1ccccc1. The van der Waals surface area contributed by atoms with Gasteiger partial charge >= 0.3 is 6.18 Å². The van der Waals surface area contributed by atoms with Crippen molar-refractivity contribution in [1.29, 1.82) is 0 Å². The normalized spacial score (nSPS) is 13.5. The average Bonchev–Trinajstić information content (AvgIpc) is 2.94. The van der Waals surface area contributed by atoms with Crippen LogP contribution >= 0.6 is 0 Å². The quantitative estimate of drug-likeness (QED) is 0.171. The van der Waals surface area contributed by atoms with Crippen molar-refractivity contribution in [2.75, 3.05) is 13.2 Å². The summed E-state index contributed by atoms with van der Waals surface area (Å²) >= 11 is 0. The molecular weight excluding hydrogens is 563 g/mol. The molecule has 0 heterocycles. The van der Waals surface area contributed by atoms with Gasteiger partial charge in [0, 0.05) is 13.2 Å². The minimum absolute atomic E-state index is 0.0136. The van der Waals surface area contributed by atoms with Crippen molar-refractivity contribution >= 4 is 30.8 Å². The lowest BCUT2D eigenvalue weighted by atomic mass is 10.0. The van der Waals surface area contributed by atoms with Crippen LogP contribution in [0.5, 0.6) is 0 Å². The minimum atomic E-state index is -4.63. The summed E-state index contributed by atoms with van der Waals surface area (Å²) in [5.41, 5.74) is -0.0136. The van der Waals surface area contributed by atoms with E-state index in [0.717, 1.165) is 5.39 Å². The average molecular weight is 592 g/mol. The zero-order valence-corrected chi connectivity index (χ0v) is 23.0. The molecule has 0 N–H and O–H groups in total. The third-order valence-electron chi connectivity index (χ3n) is 6.26. The Balaban J connectivity index is 1.43. The van der Waals surface area contributed by atoms with Gasteiger partial charge in [-0.1, -0.05) is 76.5 Å². The van der Waals surface area contributed by atoms with E-state index >= 15 is 0 Å². The van der Waals surface area contributed by atoms with Crippen LogP contribution in [-0.4, -0.2) is 39.9 Å². The van der Waals surface area contributed by atoms with Crippen molar-refractivity contribution in [2.24, 2.45) is 0 Å². The molecule has 0 aliphatic heterocycles. The van der Waals surface area contributed by atoms with Crippen molar-refractivity contribution < 1.29 is 34.7 Å². The molecule has 11 heteroatoms. The molecule has 0 bridgehead atoms. The van der Waals surface area contributed by atoms with E-state index in [9.17, 15) is 30.0 Å². The predicted octanol–water partition coefficient (Wildman–Crippen LogP) is 6.71. The molecule has 0 amide bonds. The van der Waals surface area contributed by atoms with Gasteiger partial charge in [0.05, 0.1) is 9.79 Å². The fourth-order valence-electron chi connectivity index (χ4n) is 4.26. The summed E-state index contributed by atoms with van der Waals surface area (Å²) in [6.45, 7) is -0.615. The Hall–Kier alpha value is -3.25. The first-order chi connectivity index (χ1) is 19.0. The van der Waals surface area contributed by atoms with E-state index in [1.54, 1.807) is 36.4 Å². The molecule has 0 radical (unpaired) electrons. The number of hydrogen-bond donors (Lipinski definition) is 0. The summed E-state index contributed by atoms with van der Waals surface area (Å²) in [7, 11) is -8.84. The van der Waals surface area contributed by atoms with E-state index in [1.807, 2.05) is 6.07 Å². The van der Waals surface area contributed by atoms with Crippen LogP contribution in [0.2, 0.25) is 0 Å². The molecule has 0 fully saturated rings. The maximum absolute atomic E-state index is 13.8. The van der Waals surface area contributed by atoms with Crippen molar-refractivity contribution in [3.63, 3.8) is 0 Å². The predicted molar refractivity (Wildman–Crippen MR) is 147 cm³/mol. The monoisotopic (exact) mass is 591 g/mol. The van der Waals surface area contributed by atoms with Crippen molar-refractivity contribution in [3.05, 3.63) is 109 Å². The summed E-state index contributed by atoms with van der Waals surface area (Å²) < 4.78 is 100. The number of ether oxygens (including phenoxy) is 1. The van der Waals surface area contributed by atoms with E-state index in [0.29, 0.717) is 9.10 Å². The zero-order valence-electron chi connectivity index (χ0n) is 21.4. The summed E-state index contributed by atoms with van der Waals surface area (Å²) in [5.74, 6) is 0. The third kappa shape index (κ3) is 6.90. The lowest BCUT2D eigenvalue weighted by Crippen LogP contribution is -2.37. The van der Waals surface area contributed by atoms with Gasteiger partial charge in [-0.2, -0.15) is 13.2 Å². The lowest BCUT2D eigenvalue weighted by molar-refractivity contribution is -0.224. The van der Waals surface area contributed by atoms with Gasteiger partial charge in [-0.05, 0) is 65.9 Å². The first kappa shape index (κ1) is 29.7. The van der Waals surface area contributed by atoms with Crippen LogP contribution < -0.4 is 0 Å². The molecule has 40 heavy (non-hydrogen) atoms. The first-order valence-corrected chi connectivity index (χ1v) is 15.4. The summed E-state index contributed by atoms with van der Waals surface area (Å²) in [5, 5.41) is 1.48. The van der Waals surface area contributed by atoms with Gasteiger partial charge < -0.3 is 4.74 Å². The van der Waals surface area contributed by atoms with Gasteiger partial charge in [-0.15, -0.1) is 0 Å². The second-order valence-corrected chi connectivity index (χ2v) is 13.0. The Labute approximate surface area is 232 Å². The molecule has 1 unspecified atom stereocenters. The molecule has 1 atom stereocenters. The van der Waals surface area contributed by atoms with E-state index in [4.69, 9.17) is 4.74 Å². The molecule has 0 spiro atoms. The number of halogens is 3. The number of alkyl halides is 3. The van der Waals surface area contributed by atoms with Gasteiger partial charge in [-0.3, -0.25) is 0 Å².